The summed E-state index contributed by atoms with van der Waals surface area (Å²) in [4.78, 5) is 12.3. The van der Waals surface area contributed by atoms with Gasteiger partial charge < -0.3 is 0 Å². The first-order valence-corrected chi connectivity index (χ1v) is 6.30. The van der Waals surface area contributed by atoms with E-state index in [-0.39, 0.29) is 5.78 Å². The maximum absolute atomic E-state index is 12.3. The molecule has 0 spiro atoms. The number of ketones is 1. The third-order valence-electron chi connectivity index (χ3n) is 3.07. The molecule has 0 radical (unpaired) electrons. The van der Waals surface area contributed by atoms with E-state index in [2.05, 4.69) is 20.4 Å². The fraction of sp³-hybridized carbons (Fsp3) is 0.143. The van der Waals surface area contributed by atoms with Crippen LogP contribution in [0.3, 0.4) is 0 Å². The maximum atomic E-state index is 12.3. The molecule has 0 aliphatic carbocycles. The topological polar surface area (TPSA) is 76.5 Å². The van der Waals surface area contributed by atoms with Crippen molar-refractivity contribution >= 4 is 5.78 Å². The summed E-state index contributed by atoms with van der Waals surface area (Å²) in [5, 5.41) is 14.2. The van der Waals surface area contributed by atoms with Gasteiger partial charge >= 0.3 is 0 Å². The van der Waals surface area contributed by atoms with Crippen molar-refractivity contribution in [3.8, 4) is 5.82 Å². The predicted octanol–water partition coefficient (Wildman–Crippen LogP) is 1.81. The number of hydrogen-bond donors (Lipinski definition) is 1. The Kier molecular flexibility index (Phi) is 3.36. The predicted molar refractivity (Wildman–Crippen MR) is 72.6 cm³/mol. The van der Waals surface area contributed by atoms with Gasteiger partial charge in [0.15, 0.2) is 11.6 Å². The van der Waals surface area contributed by atoms with E-state index >= 15 is 0 Å². The van der Waals surface area contributed by atoms with Crippen LogP contribution in [0, 0.1) is 0 Å². The summed E-state index contributed by atoms with van der Waals surface area (Å²) in [6.07, 6.45) is 5.81. The van der Waals surface area contributed by atoms with E-state index in [1.54, 1.807) is 10.8 Å². The lowest BCUT2D eigenvalue weighted by Gasteiger charge is -2.02. The first-order chi connectivity index (χ1) is 9.84. The molecule has 6 heteroatoms. The largest absolute Gasteiger partial charge is 0.294 e. The number of aromatic nitrogens is 5. The number of rotatable bonds is 5. The zero-order valence-electron chi connectivity index (χ0n) is 10.7. The third kappa shape index (κ3) is 2.49. The van der Waals surface area contributed by atoms with Gasteiger partial charge in [-0.25, -0.2) is 0 Å². The Morgan fingerprint density at radius 2 is 1.90 bits per heavy atom. The van der Waals surface area contributed by atoms with Crippen molar-refractivity contribution in [1.29, 1.82) is 0 Å². The molecular formula is C14H13N5O. The molecule has 1 N–H and O–H groups in total. The van der Waals surface area contributed by atoms with Crippen LogP contribution in [0.2, 0.25) is 0 Å². The van der Waals surface area contributed by atoms with Crippen LogP contribution in [0.5, 0.6) is 0 Å². The van der Waals surface area contributed by atoms with E-state index in [1.165, 1.54) is 12.7 Å². The zero-order chi connectivity index (χ0) is 13.8. The summed E-state index contributed by atoms with van der Waals surface area (Å²) in [7, 11) is 0. The molecule has 100 valence electrons. The minimum Gasteiger partial charge on any atom is -0.294 e. The summed E-state index contributed by atoms with van der Waals surface area (Å²) in [6, 6.07) is 9.94. The van der Waals surface area contributed by atoms with Gasteiger partial charge in [0.1, 0.15) is 12.7 Å². The molecule has 0 bridgehead atoms. The first kappa shape index (κ1) is 12.3. The van der Waals surface area contributed by atoms with Crippen LogP contribution >= 0.6 is 0 Å². The lowest BCUT2D eigenvalue weighted by Crippen LogP contribution is -2.05. The van der Waals surface area contributed by atoms with Crippen molar-refractivity contribution < 1.29 is 4.79 Å². The second-order valence-corrected chi connectivity index (χ2v) is 4.40. The van der Waals surface area contributed by atoms with Gasteiger partial charge in [-0.1, -0.05) is 30.3 Å². The second kappa shape index (κ2) is 5.48. The van der Waals surface area contributed by atoms with E-state index in [0.29, 0.717) is 24.2 Å². The molecule has 0 aliphatic rings. The number of carbonyl (C=O) groups is 1. The quantitative estimate of drug-likeness (QED) is 0.715. The smallest absolute Gasteiger partial charge is 0.171 e. The summed E-state index contributed by atoms with van der Waals surface area (Å²) < 4.78 is 1.62. The van der Waals surface area contributed by atoms with Gasteiger partial charge in [0.05, 0.1) is 5.56 Å². The molecule has 0 fully saturated rings. The SMILES string of the molecule is O=C(CCc1ccccc1)c1c[nH]nc1-n1cnnc1. The fourth-order valence-electron chi connectivity index (χ4n) is 2.03. The highest BCUT2D eigenvalue weighted by Gasteiger charge is 2.15. The number of Topliss-reactive ketones (excluding diaryl/α,β-unsaturated/α-hetero) is 1. The monoisotopic (exact) mass is 267 g/mol. The Morgan fingerprint density at radius 1 is 1.15 bits per heavy atom. The number of carbonyl (C=O) groups excluding carboxylic acids is 1. The summed E-state index contributed by atoms with van der Waals surface area (Å²) in [6.45, 7) is 0. The molecule has 3 aromatic rings. The molecule has 2 aromatic heterocycles. The molecule has 0 saturated carbocycles. The zero-order valence-corrected chi connectivity index (χ0v) is 10.7. The van der Waals surface area contributed by atoms with Crippen LogP contribution < -0.4 is 0 Å². The number of aromatic amines is 1. The fourth-order valence-corrected chi connectivity index (χ4v) is 2.03. The normalized spacial score (nSPS) is 10.6. The van der Waals surface area contributed by atoms with Crippen LogP contribution in [0.1, 0.15) is 22.3 Å². The Balaban J connectivity index is 1.74. The van der Waals surface area contributed by atoms with Crippen LogP contribution in [0.4, 0.5) is 0 Å². The highest BCUT2D eigenvalue weighted by molar-refractivity contribution is 5.98. The second-order valence-electron chi connectivity index (χ2n) is 4.40. The van der Waals surface area contributed by atoms with E-state index in [0.717, 1.165) is 5.56 Å². The van der Waals surface area contributed by atoms with Crippen molar-refractivity contribution in [3.63, 3.8) is 0 Å². The standard InChI is InChI=1S/C14H13N5O/c20-13(7-6-11-4-2-1-3-5-11)12-8-15-18-14(12)19-9-16-17-10-19/h1-5,8-10H,6-7H2,(H,15,18). The Morgan fingerprint density at radius 3 is 2.65 bits per heavy atom. The van der Waals surface area contributed by atoms with Crippen LogP contribution in [-0.4, -0.2) is 30.7 Å². The highest BCUT2D eigenvalue weighted by Crippen LogP contribution is 2.14. The van der Waals surface area contributed by atoms with Crippen molar-refractivity contribution in [2.75, 3.05) is 0 Å². The van der Waals surface area contributed by atoms with Gasteiger partial charge in [-0.15, -0.1) is 10.2 Å². The van der Waals surface area contributed by atoms with Crippen molar-refractivity contribution in [2.45, 2.75) is 12.8 Å². The molecule has 0 unspecified atom stereocenters. The minimum atomic E-state index is 0.0475. The molecule has 6 nitrogen and oxygen atoms in total. The highest BCUT2D eigenvalue weighted by atomic mass is 16.1. The summed E-state index contributed by atoms with van der Waals surface area (Å²) >= 11 is 0. The van der Waals surface area contributed by atoms with Crippen LogP contribution in [0.15, 0.2) is 49.2 Å². The number of benzene rings is 1. The van der Waals surface area contributed by atoms with Crippen molar-refractivity contribution in [2.24, 2.45) is 0 Å². The first-order valence-electron chi connectivity index (χ1n) is 6.30. The van der Waals surface area contributed by atoms with E-state index in [9.17, 15) is 4.79 Å². The average molecular weight is 267 g/mol. The number of nitrogens with zero attached hydrogens (tertiary/aromatic N) is 4. The molecule has 2 heterocycles. The minimum absolute atomic E-state index is 0.0475. The molecule has 0 amide bonds. The Hall–Kier alpha value is -2.76. The molecular weight excluding hydrogens is 254 g/mol. The molecule has 1 aromatic carbocycles. The molecule has 0 aliphatic heterocycles. The van der Waals surface area contributed by atoms with Crippen LogP contribution in [-0.2, 0) is 6.42 Å². The Labute approximate surface area is 115 Å². The number of H-pyrrole nitrogens is 1. The van der Waals surface area contributed by atoms with Gasteiger partial charge in [-0.05, 0) is 12.0 Å². The van der Waals surface area contributed by atoms with E-state index in [1.807, 2.05) is 30.3 Å². The van der Waals surface area contributed by atoms with E-state index in [4.69, 9.17) is 0 Å². The molecule has 20 heavy (non-hydrogen) atoms. The van der Waals surface area contributed by atoms with Gasteiger partial charge in [-0.2, -0.15) is 5.10 Å². The summed E-state index contributed by atoms with van der Waals surface area (Å²) in [5.41, 5.74) is 1.70. The Bertz CT molecular complexity index is 687. The van der Waals surface area contributed by atoms with Crippen molar-refractivity contribution in [1.82, 2.24) is 25.0 Å². The van der Waals surface area contributed by atoms with E-state index < -0.39 is 0 Å². The van der Waals surface area contributed by atoms with Gasteiger partial charge in [0.25, 0.3) is 0 Å². The van der Waals surface area contributed by atoms with Crippen molar-refractivity contribution in [3.05, 3.63) is 60.3 Å². The average Bonchev–Trinajstić information content (AvgIpc) is 3.15. The molecule has 3 rings (SSSR count). The lowest BCUT2D eigenvalue weighted by molar-refractivity contribution is 0.0983. The van der Waals surface area contributed by atoms with Gasteiger partial charge in [-0.3, -0.25) is 14.5 Å². The molecule has 0 saturated heterocycles. The number of aryl methyl sites for hydroxylation is 1. The van der Waals surface area contributed by atoms with Gasteiger partial charge in [0.2, 0.25) is 0 Å². The maximum Gasteiger partial charge on any atom is 0.171 e. The molecule has 0 atom stereocenters. The number of hydrogen-bond acceptors (Lipinski definition) is 4. The van der Waals surface area contributed by atoms with Gasteiger partial charge in [0, 0.05) is 12.6 Å². The lowest BCUT2D eigenvalue weighted by atomic mass is 10.0. The third-order valence-corrected chi connectivity index (χ3v) is 3.07. The summed E-state index contributed by atoms with van der Waals surface area (Å²) in [5.74, 6) is 0.583. The van der Waals surface area contributed by atoms with Crippen LogP contribution in [0.25, 0.3) is 5.82 Å². The number of nitrogens with one attached hydrogen (secondary N) is 1.